The first-order chi connectivity index (χ1) is 7.47. The molecule has 2 aromatic heterocycles. The van der Waals surface area contributed by atoms with Gasteiger partial charge in [0, 0.05) is 0 Å². The van der Waals surface area contributed by atoms with Crippen LogP contribution in [0.1, 0.15) is 5.82 Å². The molecule has 0 atom stereocenters. The lowest BCUT2D eigenvalue weighted by atomic mass is 10.7. The summed E-state index contributed by atoms with van der Waals surface area (Å²) < 4.78 is 31.3. The van der Waals surface area contributed by atoms with E-state index in [1.807, 2.05) is 0 Å². The molecule has 0 amide bonds. The number of halogens is 1. The summed E-state index contributed by atoms with van der Waals surface area (Å²) in [5.41, 5.74) is 0. The van der Waals surface area contributed by atoms with Crippen molar-refractivity contribution in [2.75, 3.05) is 4.72 Å². The van der Waals surface area contributed by atoms with Crippen LogP contribution in [0.2, 0.25) is 0 Å². The summed E-state index contributed by atoms with van der Waals surface area (Å²) in [5, 5.41) is 3.48. The standard InChI is InChI=1S/C7H6BrN3O3S2/c1-4-9-7(14-10-4)11-16(12,13)6-3-2-5(8)15-6/h2-3H,1H3,(H,9,10,11). The first-order valence-electron chi connectivity index (χ1n) is 4.06. The van der Waals surface area contributed by atoms with Crippen LogP contribution >= 0.6 is 27.3 Å². The van der Waals surface area contributed by atoms with E-state index >= 15 is 0 Å². The predicted octanol–water partition coefficient (Wildman–Crippen LogP) is 2.00. The van der Waals surface area contributed by atoms with E-state index in [9.17, 15) is 8.42 Å². The van der Waals surface area contributed by atoms with Gasteiger partial charge < -0.3 is 4.52 Å². The molecule has 16 heavy (non-hydrogen) atoms. The number of rotatable bonds is 3. The van der Waals surface area contributed by atoms with E-state index in [0.29, 0.717) is 5.82 Å². The quantitative estimate of drug-likeness (QED) is 0.933. The zero-order valence-corrected chi connectivity index (χ0v) is 11.2. The second kappa shape index (κ2) is 4.15. The number of aryl methyl sites for hydroxylation is 1. The molecule has 2 rings (SSSR count). The Bertz CT molecular complexity index is 604. The third kappa shape index (κ3) is 2.42. The highest BCUT2D eigenvalue weighted by molar-refractivity contribution is 9.11. The summed E-state index contributed by atoms with van der Waals surface area (Å²) in [7, 11) is -3.64. The van der Waals surface area contributed by atoms with E-state index in [0.717, 1.165) is 15.1 Å². The predicted molar refractivity (Wildman–Crippen MR) is 61.9 cm³/mol. The highest BCUT2D eigenvalue weighted by atomic mass is 79.9. The van der Waals surface area contributed by atoms with Gasteiger partial charge in [-0.15, -0.1) is 11.3 Å². The lowest BCUT2D eigenvalue weighted by molar-refractivity contribution is 0.429. The zero-order chi connectivity index (χ0) is 11.8. The maximum atomic E-state index is 11.8. The van der Waals surface area contributed by atoms with E-state index in [1.165, 1.54) is 6.07 Å². The van der Waals surface area contributed by atoms with Crippen molar-refractivity contribution in [3.8, 4) is 0 Å². The van der Waals surface area contributed by atoms with Crippen LogP contribution in [0.3, 0.4) is 0 Å². The Morgan fingerprint density at radius 2 is 2.25 bits per heavy atom. The fourth-order valence-electron chi connectivity index (χ4n) is 0.946. The average Bonchev–Trinajstić information content (AvgIpc) is 2.75. The minimum Gasteiger partial charge on any atom is -0.314 e. The van der Waals surface area contributed by atoms with Gasteiger partial charge in [-0.25, -0.2) is 13.1 Å². The Balaban J connectivity index is 2.27. The Morgan fingerprint density at radius 1 is 1.50 bits per heavy atom. The molecule has 2 heterocycles. The van der Waals surface area contributed by atoms with E-state index in [2.05, 4.69) is 35.3 Å². The molecule has 0 spiro atoms. The first-order valence-corrected chi connectivity index (χ1v) is 7.15. The molecule has 0 bridgehead atoms. The second-order valence-electron chi connectivity index (χ2n) is 2.81. The number of aromatic nitrogens is 2. The van der Waals surface area contributed by atoms with Crippen LogP contribution in [0.5, 0.6) is 0 Å². The van der Waals surface area contributed by atoms with E-state index in [4.69, 9.17) is 0 Å². The van der Waals surface area contributed by atoms with Crippen molar-refractivity contribution in [2.45, 2.75) is 11.1 Å². The minimum absolute atomic E-state index is 0.137. The summed E-state index contributed by atoms with van der Waals surface area (Å²) in [6.07, 6.45) is 0. The van der Waals surface area contributed by atoms with Gasteiger partial charge in [0.15, 0.2) is 5.82 Å². The average molecular weight is 324 g/mol. The molecule has 0 unspecified atom stereocenters. The van der Waals surface area contributed by atoms with Crippen molar-refractivity contribution in [2.24, 2.45) is 0 Å². The normalized spacial score (nSPS) is 11.6. The molecule has 0 aliphatic rings. The maximum absolute atomic E-state index is 11.8. The molecule has 1 N–H and O–H groups in total. The van der Waals surface area contributed by atoms with Crippen molar-refractivity contribution < 1.29 is 12.9 Å². The zero-order valence-electron chi connectivity index (χ0n) is 7.97. The largest absolute Gasteiger partial charge is 0.335 e. The summed E-state index contributed by atoms with van der Waals surface area (Å²) >= 11 is 4.29. The molecule has 0 radical (unpaired) electrons. The van der Waals surface area contributed by atoms with Crippen molar-refractivity contribution >= 4 is 43.3 Å². The van der Waals surface area contributed by atoms with Crippen LogP contribution in [0.15, 0.2) is 24.7 Å². The number of anilines is 1. The summed E-state index contributed by atoms with van der Waals surface area (Å²) in [6.45, 7) is 1.60. The van der Waals surface area contributed by atoms with Gasteiger partial charge in [-0.1, -0.05) is 5.16 Å². The van der Waals surface area contributed by atoms with Crippen LogP contribution in [0, 0.1) is 6.92 Å². The van der Waals surface area contributed by atoms with Gasteiger partial charge in [-0.05, 0) is 35.0 Å². The number of thiophene rings is 1. The Labute approximate surface area is 104 Å². The number of hydrogen-bond acceptors (Lipinski definition) is 6. The number of hydrogen-bond donors (Lipinski definition) is 1. The molecule has 0 saturated heterocycles. The molecule has 86 valence electrons. The Morgan fingerprint density at radius 3 is 2.75 bits per heavy atom. The minimum atomic E-state index is -3.64. The first kappa shape index (κ1) is 11.6. The van der Waals surface area contributed by atoms with Crippen molar-refractivity contribution in [1.29, 1.82) is 0 Å². The Hall–Kier alpha value is -0.930. The van der Waals surface area contributed by atoms with Crippen LogP contribution in [0.4, 0.5) is 6.01 Å². The highest BCUT2D eigenvalue weighted by Gasteiger charge is 2.19. The summed E-state index contributed by atoms with van der Waals surface area (Å²) in [4.78, 5) is 3.75. The lowest BCUT2D eigenvalue weighted by Crippen LogP contribution is -2.11. The van der Waals surface area contributed by atoms with Crippen LogP contribution < -0.4 is 4.72 Å². The molecule has 0 aromatic carbocycles. The molecule has 0 aliphatic heterocycles. The second-order valence-corrected chi connectivity index (χ2v) is 7.18. The van der Waals surface area contributed by atoms with Crippen LogP contribution in [-0.2, 0) is 10.0 Å². The van der Waals surface area contributed by atoms with Gasteiger partial charge in [-0.3, -0.25) is 0 Å². The highest BCUT2D eigenvalue weighted by Crippen LogP contribution is 2.27. The van der Waals surface area contributed by atoms with Gasteiger partial charge in [-0.2, -0.15) is 4.98 Å². The Kier molecular flexibility index (Phi) is 3.00. The van der Waals surface area contributed by atoms with E-state index in [-0.39, 0.29) is 10.2 Å². The SMILES string of the molecule is Cc1noc(NS(=O)(=O)c2ccc(Br)s2)n1. The molecule has 6 nitrogen and oxygen atoms in total. The van der Waals surface area contributed by atoms with Gasteiger partial charge in [0.2, 0.25) is 0 Å². The molecule has 0 aliphatic carbocycles. The van der Waals surface area contributed by atoms with E-state index < -0.39 is 10.0 Å². The third-order valence-corrected chi connectivity index (χ3v) is 5.00. The maximum Gasteiger partial charge on any atom is 0.335 e. The lowest BCUT2D eigenvalue weighted by Gasteiger charge is -1.99. The van der Waals surface area contributed by atoms with Crippen molar-refractivity contribution in [1.82, 2.24) is 10.1 Å². The third-order valence-electron chi connectivity index (χ3n) is 1.56. The van der Waals surface area contributed by atoms with Gasteiger partial charge in [0.05, 0.1) is 3.79 Å². The fraction of sp³-hybridized carbons (Fsp3) is 0.143. The molecule has 0 saturated carbocycles. The fourth-order valence-corrected chi connectivity index (χ4v) is 3.88. The number of nitrogens with one attached hydrogen (secondary N) is 1. The smallest absolute Gasteiger partial charge is 0.314 e. The molecule has 9 heteroatoms. The molecular formula is C7H6BrN3O3S2. The van der Waals surface area contributed by atoms with Crippen LogP contribution in [0.25, 0.3) is 0 Å². The number of nitrogens with zero attached hydrogens (tertiary/aromatic N) is 2. The van der Waals surface area contributed by atoms with Gasteiger partial charge >= 0.3 is 6.01 Å². The molecule has 0 fully saturated rings. The summed E-state index contributed by atoms with van der Waals surface area (Å²) in [5.74, 6) is 0.366. The van der Waals surface area contributed by atoms with Gasteiger partial charge in [0.25, 0.3) is 10.0 Å². The van der Waals surface area contributed by atoms with Crippen molar-refractivity contribution in [3.05, 3.63) is 21.7 Å². The van der Waals surface area contributed by atoms with E-state index in [1.54, 1.807) is 13.0 Å². The topological polar surface area (TPSA) is 85.1 Å². The monoisotopic (exact) mass is 323 g/mol. The van der Waals surface area contributed by atoms with Crippen LogP contribution in [-0.4, -0.2) is 18.6 Å². The summed E-state index contributed by atoms with van der Waals surface area (Å²) in [6, 6.07) is 3.00. The molecular weight excluding hydrogens is 318 g/mol. The molecule has 2 aromatic rings. The van der Waals surface area contributed by atoms with Crippen molar-refractivity contribution in [3.63, 3.8) is 0 Å². The van der Waals surface area contributed by atoms with Gasteiger partial charge in [0.1, 0.15) is 4.21 Å². The number of sulfonamides is 1.